The molecule has 0 saturated carbocycles. The van der Waals surface area contributed by atoms with Crippen LogP contribution in [0.25, 0.3) is 0 Å². The van der Waals surface area contributed by atoms with E-state index < -0.39 is 5.54 Å². The molecule has 196 valence electrons. The van der Waals surface area contributed by atoms with Gasteiger partial charge >= 0.3 is 6.03 Å². The van der Waals surface area contributed by atoms with Crippen molar-refractivity contribution in [1.82, 2.24) is 14.7 Å². The summed E-state index contributed by atoms with van der Waals surface area (Å²) in [4.78, 5) is 47.4. The third kappa shape index (κ3) is 5.08. The molecule has 9 heteroatoms. The number of urea groups is 1. The van der Waals surface area contributed by atoms with E-state index in [2.05, 4.69) is 10.2 Å². The number of carbonyl (C=O) groups excluding carboxylic acids is 3. The van der Waals surface area contributed by atoms with E-state index in [1.165, 1.54) is 0 Å². The van der Waals surface area contributed by atoms with Crippen molar-refractivity contribution >= 4 is 29.2 Å². The van der Waals surface area contributed by atoms with Gasteiger partial charge in [0.15, 0.2) is 0 Å². The molecule has 0 radical (unpaired) electrons. The second-order valence-corrected chi connectivity index (χ2v) is 10.0. The number of carbonyl (C=O) groups is 3. The summed E-state index contributed by atoms with van der Waals surface area (Å²) in [5.74, 6) is 0.730. The number of piperidine rings is 2. The minimum absolute atomic E-state index is 0.0167. The molecule has 2 aromatic carbocycles. The van der Waals surface area contributed by atoms with Crippen molar-refractivity contribution in [2.24, 2.45) is 0 Å². The maximum absolute atomic E-state index is 13.9. The van der Waals surface area contributed by atoms with Crippen LogP contribution < -0.4 is 15.0 Å². The van der Waals surface area contributed by atoms with Gasteiger partial charge in [0.05, 0.1) is 13.8 Å². The van der Waals surface area contributed by atoms with Gasteiger partial charge in [0.2, 0.25) is 5.91 Å². The summed E-state index contributed by atoms with van der Waals surface area (Å²) in [6, 6.07) is 16.9. The van der Waals surface area contributed by atoms with Gasteiger partial charge in [0.25, 0.3) is 5.91 Å². The average Bonchev–Trinajstić information content (AvgIpc) is 3.20. The zero-order valence-corrected chi connectivity index (χ0v) is 21.4. The van der Waals surface area contributed by atoms with Crippen molar-refractivity contribution < 1.29 is 19.1 Å². The van der Waals surface area contributed by atoms with Crippen molar-refractivity contribution in [3.8, 4) is 5.75 Å². The highest BCUT2D eigenvalue weighted by molar-refractivity contribution is 5.97. The number of nitrogens with zero attached hydrogens (tertiary/aromatic N) is 4. The second kappa shape index (κ2) is 10.7. The third-order valence-corrected chi connectivity index (χ3v) is 7.84. The van der Waals surface area contributed by atoms with Crippen molar-refractivity contribution in [3.05, 3.63) is 54.6 Å². The van der Waals surface area contributed by atoms with Crippen LogP contribution in [0, 0.1) is 0 Å². The lowest BCUT2D eigenvalue weighted by Crippen LogP contribution is -2.58. The molecule has 0 aliphatic carbocycles. The molecule has 3 aliphatic rings. The maximum Gasteiger partial charge on any atom is 0.321 e. The molecule has 3 aliphatic heterocycles. The lowest BCUT2D eigenvalue weighted by Gasteiger charge is -2.43. The predicted octanol–water partition coefficient (Wildman–Crippen LogP) is 3.38. The van der Waals surface area contributed by atoms with Gasteiger partial charge < -0.3 is 29.7 Å². The van der Waals surface area contributed by atoms with Gasteiger partial charge in [-0.3, -0.25) is 9.59 Å². The first kappa shape index (κ1) is 24.9. The Morgan fingerprint density at radius 3 is 2.22 bits per heavy atom. The molecule has 1 N–H and O–H groups in total. The van der Waals surface area contributed by atoms with E-state index in [-0.39, 0.29) is 24.4 Å². The molecule has 37 heavy (non-hydrogen) atoms. The van der Waals surface area contributed by atoms with Gasteiger partial charge in [0.1, 0.15) is 17.8 Å². The number of nitrogens with one attached hydrogen (secondary N) is 1. The molecule has 2 aromatic rings. The number of rotatable bonds is 5. The van der Waals surface area contributed by atoms with Crippen molar-refractivity contribution in [2.75, 3.05) is 56.7 Å². The first-order chi connectivity index (χ1) is 18.0. The molecular formula is C28H35N5O4. The summed E-state index contributed by atoms with van der Waals surface area (Å²) in [7, 11) is 1.60. The molecule has 0 aromatic heterocycles. The minimum Gasteiger partial charge on any atom is -0.497 e. The first-order valence-corrected chi connectivity index (χ1v) is 13.1. The zero-order valence-electron chi connectivity index (χ0n) is 21.4. The Morgan fingerprint density at radius 2 is 1.57 bits per heavy atom. The second-order valence-electron chi connectivity index (χ2n) is 10.0. The molecule has 5 rings (SSSR count). The molecule has 0 atom stereocenters. The van der Waals surface area contributed by atoms with E-state index in [4.69, 9.17) is 4.74 Å². The van der Waals surface area contributed by atoms with E-state index in [9.17, 15) is 14.4 Å². The predicted molar refractivity (Wildman–Crippen MR) is 141 cm³/mol. The standard InChI is InChI=1S/C28H35N5O4/c1-37-24-12-10-22(11-13-24)29-27(36)31-18-14-28(15-19-31)26(35)32(20-25(34)30-16-6-3-7-17-30)21-33(28)23-8-4-2-5-9-23/h2,4-5,8-13H,3,6-7,14-21H2,1H3,(H,29,36). The highest BCUT2D eigenvalue weighted by Crippen LogP contribution is 2.39. The summed E-state index contributed by atoms with van der Waals surface area (Å²) < 4.78 is 5.18. The van der Waals surface area contributed by atoms with E-state index >= 15 is 0 Å². The van der Waals surface area contributed by atoms with E-state index in [0.29, 0.717) is 38.3 Å². The Morgan fingerprint density at radius 1 is 0.892 bits per heavy atom. The smallest absolute Gasteiger partial charge is 0.321 e. The van der Waals surface area contributed by atoms with Crippen LogP contribution in [0.4, 0.5) is 16.2 Å². The van der Waals surface area contributed by atoms with E-state index in [1.54, 1.807) is 41.2 Å². The molecule has 9 nitrogen and oxygen atoms in total. The number of methoxy groups -OCH3 is 1. The Balaban J connectivity index is 1.29. The van der Waals surface area contributed by atoms with Gasteiger partial charge in [-0.1, -0.05) is 18.2 Å². The van der Waals surface area contributed by atoms with Crippen LogP contribution in [0.1, 0.15) is 32.1 Å². The van der Waals surface area contributed by atoms with Crippen LogP contribution in [0.3, 0.4) is 0 Å². The van der Waals surface area contributed by atoms with Crippen LogP contribution in [0.2, 0.25) is 0 Å². The largest absolute Gasteiger partial charge is 0.497 e. The Bertz CT molecular complexity index is 1110. The van der Waals surface area contributed by atoms with Crippen LogP contribution in [-0.2, 0) is 9.59 Å². The average molecular weight is 506 g/mol. The number of ether oxygens (including phenoxy) is 1. The highest BCUT2D eigenvalue weighted by atomic mass is 16.5. The summed E-state index contributed by atoms with van der Waals surface area (Å²) in [6.07, 6.45) is 4.21. The van der Waals surface area contributed by atoms with Crippen LogP contribution in [-0.4, -0.2) is 84.6 Å². The number of hydrogen-bond donors (Lipinski definition) is 1. The number of benzene rings is 2. The van der Waals surface area contributed by atoms with Gasteiger partial charge in [-0.15, -0.1) is 0 Å². The quantitative estimate of drug-likeness (QED) is 0.674. The summed E-state index contributed by atoms with van der Waals surface area (Å²) >= 11 is 0. The Hall–Kier alpha value is -3.75. The molecular weight excluding hydrogens is 470 g/mol. The Kier molecular flexibility index (Phi) is 7.21. The van der Waals surface area contributed by atoms with Gasteiger partial charge in [-0.25, -0.2) is 4.79 Å². The zero-order chi connectivity index (χ0) is 25.8. The summed E-state index contributed by atoms with van der Waals surface area (Å²) in [5.41, 5.74) is 0.886. The highest BCUT2D eigenvalue weighted by Gasteiger charge is 2.54. The fourth-order valence-corrected chi connectivity index (χ4v) is 5.69. The van der Waals surface area contributed by atoms with Crippen LogP contribution in [0.5, 0.6) is 5.75 Å². The molecule has 0 unspecified atom stereocenters. The van der Waals surface area contributed by atoms with Crippen molar-refractivity contribution in [3.63, 3.8) is 0 Å². The molecule has 3 heterocycles. The molecule has 3 fully saturated rings. The molecule has 3 saturated heterocycles. The summed E-state index contributed by atoms with van der Waals surface area (Å²) in [6.45, 7) is 2.92. The number of amides is 4. The SMILES string of the molecule is COc1ccc(NC(=O)N2CCC3(CC2)C(=O)N(CC(=O)N2CCCCC2)CN3c2ccccc2)cc1. The molecule has 0 bridgehead atoms. The fourth-order valence-electron chi connectivity index (χ4n) is 5.69. The van der Waals surface area contributed by atoms with Gasteiger partial charge in [-0.2, -0.15) is 0 Å². The van der Waals surface area contributed by atoms with Crippen molar-refractivity contribution in [1.29, 1.82) is 0 Å². The Labute approximate surface area is 217 Å². The van der Waals surface area contributed by atoms with E-state index in [1.807, 2.05) is 35.2 Å². The molecule has 4 amide bonds. The summed E-state index contributed by atoms with van der Waals surface area (Å²) in [5, 5.41) is 2.94. The lowest BCUT2D eigenvalue weighted by atomic mass is 9.85. The van der Waals surface area contributed by atoms with Gasteiger partial charge in [0, 0.05) is 37.6 Å². The topological polar surface area (TPSA) is 85.4 Å². The number of anilines is 2. The van der Waals surface area contributed by atoms with E-state index in [0.717, 1.165) is 43.8 Å². The van der Waals surface area contributed by atoms with Crippen LogP contribution in [0.15, 0.2) is 54.6 Å². The van der Waals surface area contributed by atoms with Crippen LogP contribution >= 0.6 is 0 Å². The number of hydrogen-bond acceptors (Lipinski definition) is 5. The lowest BCUT2D eigenvalue weighted by molar-refractivity contribution is -0.141. The maximum atomic E-state index is 13.9. The third-order valence-electron chi connectivity index (χ3n) is 7.84. The molecule has 1 spiro atoms. The number of likely N-dealkylation sites (tertiary alicyclic amines) is 2. The number of para-hydroxylation sites is 1. The normalized spacial score (nSPS) is 19.3. The minimum atomic E-state index is -0.763. The fraction of sp³-hybridized carbons (Fsp3) is 0.464. The van der Waals surface area contributed by atoms with Gasteiger partial charge in [-0.05, 0) is 68.5 Å². The monoisotopic (exact) mass is 505 g/mol. The first-order valence-electron chi connectivity index (χ1n) is 13.1. The van der Waals surface area contributed by atoms with Crippen molar-refractivity contribution in [2.45, 2.75) is 37.6 Å².